The number of sulfonamides is 1. The van der Waals surface area contributed by atoms with E-state index in [4.69, 9.17) is 4.98 Å². The van der Waals surface area contributed by atoms with E-state index in [9.17, 15) is 8.42 Å². The van der Waals surface area contributed by atoms with Crippen LogP contribution in [0.4, 0.5) is 11.6 Å². The smallest absolute Gasteiger partial charge is 0.211 e. The fraction of sp³-hybridized carbons (Fsp3) is 0.481. The van der Waals surface area contributed by atoms with Crippen molar-refractivity contribution in [3.63, 3.8) is 0 Å². The maximum absolute atomic E-state index is 11.8. The van der Waals surface area contributed by atoms with Crippen LogP contribution >= 0.6 is 0 Å². The van der Waals surface area contributed by atoms with Crippen LogP contribution in [0.1, 0.15) is 31.2 Å². The van der Waals surface area contributed by atoms with Gasteiger partial charge < -0.3 is 10.2 Å². The van der Waals surface area contributed by atoms with E-state index in [-0.39, 0.29) is 6.04 Å². The van der Waals surface area contributed by atoms with Crippen LogP contribution in [0.25, 0.3) is 10.8 Å². The monoisotopic (exact) mass is 508 g/mol. The predicted octanol–water partition coefficient (Wildman–Crippen LogP) is 3.57. The molecule has 5 rings (SSSR count). The molecule has 0 aliphatic carbocycles. The van der Waals surface area contributed by atoms with Crippen molar-refractivity contribution in [1.82, 2.24) is 19.2 Å². The molecular weight excluding hydrogens is 472 g/mol. The molecule has 4 heterocycles. The molecule has 0 spiro atoms. The van der Waals surface area contributed by atoms with Crippen molar-refractivity contribution in [1.29, 1.82) is 0 Å². The van der Waals surface area contributed by atoms with Gasteiger partial charge in [0.05, 0.1) is 6.26 Å². The average molecular weight is 509 g/mol. The quantitative estimate of drug-likeness (QED) is 0.523. The van der Waals surface area contributed by atoms with Crippen LogP contribution in [0.15, 0.2) is 54.9 Å². The first-order valence-corrected chi connectivity index (χ1v) is 14.7. The highest BCUT2D eigenvalue weighted by molar-refractivity contribution is 7.88. The van der Waals surface area contributed by atoms with Crippen LogP contribution in [0.5, 0.6) is 0 Å². The number of nitrogens with zero attached hydrogens (tertiary/aromatic N) is 5. The van der Waals surface area contributed by atoms with Gasteiger partial charge in [0, 0.05) is 68.0 Å². The van der Waals surface area contributed by atoms with Crippen LogP contribution in [0.3, 0.4) is 0 Å². The molecule has 2 aliphatic rings. The Hall–Kier alpha value is -2.75. The van der Waals surface area contributed by atoms with Gasteiger partial charge in [-0.15, -0.1) is 0 Å². The van der Waals surface area contributed by atoms with Crippen molar-refractivity contribution >= 4 is 32.4 Å². The Bertz CT molecular complexity index is 1270. The molecular formula is C27H36N6O2S. The van der Waals surface area contributed by atoms with E-state index < -0.39 is 10.0 Å². The van der Waals surface area contributed by atoms with Crippen molar-refractivity contribution in [2.45, 2.75) is 44.3 Å². The highest BCUT2D eigenvalue weighted by Crippen LogP contribution is 2.30. The summed E-state index contributed by atoms with van der Waals surface area (Å²) in [6, 6.07) is 15.6. The summed E-state index contributed by atoms with van der Waals surface area (Å²) in [7, 11) is -0.892. The van der Waals surface area contributed by atoms with Gasteiger partial charge in [-0.25, -0.2) is 22.7 Å². The molecule has 1 N–H and O–H groups in total. The van der Waals surface area contributed by atoms with Gasteiger partial charge in [0.2, 0.25) is 10.0 Å². The highest BCUT2D eigenvalue weighted by Gasteiger charge is 2.26. The van der Waals surface area contributed by atoms with E-state index in [1.165, 1.54) is 11.8 Å². The van der Waals surface area contributed by atoms with Gasteiger partial charge in [-0.1, -0.05) is 30.3 Å². The highest BCUT2D eigenvalue weighted by atomic mass is 32.2. The number of piperidine rings is 2. The van der Waals surface area contributed by atoms with Gasteiger partial charge in [-0.2, -0.15) is 0 Å². The second kappa shape index (κ2) is 10.7. The van der Waals surface area contributed by atoms with Crippen molar-refractivity contribution in [3.8, 4) is 0 Å². The topological polar surface area (TPSA) is 81.7 Å². The summed E-state index contributed by atoms with van der Waals surface area (Å²) in [5.41, 5.74) is 1.35. The van der Waals surface area contributed by atoms with Crippen LogP contribution in [0.2, 0.25) is 0 Å². The third kappa shape index (κ3) is 5.79. The maximum Gasteiger partial charge on any atom is 0.211 e. The molecule has 0 bridgehead atoms. The third-order valence-electron chi connectivity index (χ3n) is 7.56. The number of benzene rings is 1. The number of hydrogen-bond donors (Lipinski definition) is 1. The molecule has 0 radical (unpaired) electrons. The summed E-state index contributed by atoms with van der Waals surface area (Å²) in [5.74, 6) is 1.85. The third-order valence-corrected chi connectivity index (χ3v) is 8.87. The van der Waals surface area contributed by atoms with Gasteiger partial charge >= 0.3 is 0 Å². The summed E-state index contributed by atoms with van der Waals surface area (Å²) < 4.78 is 25.2. The van der Waals surface area contributed by atoms with Crippen LogP contribution in [-0.2, 0) is 16.6 Å². The van der Waals surface area contributed by atoms with Gasteiger partial charge in [0.1, 0.15) is 11.6 Å². The van der Waals surface area contributed by atoms with E-state index in [1.807, 2.05) is 18.5 Å². The molecule has 2 fully saturated rings. The predicted molar refractivity (Wildman–Crippen MR) is 146 cm³/mol. The van der Waals surface area contributed by atoms with Gasteiger partial charge in [-0.05, 0) is 50.4 Å². The second-order valence-corrected chi connectivity index (χ2v) is 12.1. The lowest BCUT2D eigenvalue weighted by Crippen LogP contribution is -2.43. The Morgan fingerprint density at radius 3 is 2.42 bits per heavy atom. The van der Waals surface area contributed by atoms with Crippen LogP contribution < -0.4 is 10.2 Å². The van der Waals surface area contributed by atoms with E-state index in [1.54, 1.807) is 4.31 Å². The Balaban J connectivity index is 1.24. The first-order chi connectivity index (χ1) is 17.4. The standard InChI is InChI=1S/C27H36N6O2S/c1-31(20-21-6-4-3-5-7-21)24-11-14-32(15-12-24)27-25-18-26(29-19-22(25)8-13-28-27)30-23-9-16-33(17-10-23)36(2,34)35/h3-8,13,18-19,23-24H,9-12,14-17,20H2,1-2H3,(H,29,30). The Morgan fingerprint density at radius 2 is 1.72 bits per heavy atom. The van der Waals surface area contributed by atoms with E-state index in [0.717, 1.165) is 67.7 Å². The Labute approximate surface area is 214 Å². The van der Waals surface area contributed by atoms with E-state index in [2.05, 4.69) is 63.5 Å². The molecule has 36 heavy (non-hydrogen) atoms. The zero-order chi connectivity index (χ0) is 25.1. The van der Waals surface area contributed by atoms with Crippen LogP contribution in [0, 0.1) is 0 Å². The number of rotatable bonds is 7. The zero-order valence-corrected chi connectivity index (χ0v) is 22.0. The lowest BCUT2D eigenvalue weighted by Gasteiger charge is -2.37. The zero-order valence-electron chi connectivity index (χ0n) is 21.2. The first-order valence-electron chi connectivity index (χ1n) is 12.8. The Kier molecular flexibility index (Phi) is 7.41. The molecule has 0 saturated carbocycles. The van der Waals surface area contributed by atoms with Gasteiger partial charge in [-0.3, -0.25) is 4.90 Å². The minimum absolute atomic E-state index is 0.212. The van der Waals surface area contributed by atoms with Crippen molar-refractivity contribution in [2.24, 2.45) is 0 Å². The minimum atomic E-state index is -3.12. The Morgan fingerprint density at radius 1 is 1.00 bits per heavy atom. The lowest BCUT2D eigenvalue weighted by atomic mass is 10.0. The molecule has 0 amide bonds. The summed E-state index contributed by atoms with van der Waals surface area (Å²) in [4.78, 5) is 14.3. The van der Waals surface area contributed by atoms with Crippen molar-refractivity contribution < 1.29 is 8.42 Å². The fourth-order valence-corrected chi connectivity index (χ4v) is 6.32. The van der Waals surface area contributed by atoms with E-state index >= 15 is 0 Å². The SMILES string of the molecule is CN(Cc1ccccc1)C1CCN(c2nccc3cnc(NC4CCN(S(C)(=O)=O)CC4)cc23)CC1. The molecule has 0 atom stereocenters. The molecule has 192 valence electrons. The molecule has 1 aromatic carbocycles. The first kappa shape index (κ1) is 24.9. The number of hydrogen-bond acceptors (Lipinski definition) is 7. The summed E-state index contributed by atoms with van der Waals surface area (Å²) in [6.07, 6.45) is 8.83. The molecule has 8 nitrogen and oxygen atoms in total. The molecule has 2 saturated heterocycles. The molecule has 2 aromatic heterocycles. The van der Waals surface area contributed by atoms with Crippen molar-refractivity contribution in [2.75, 3.05) is 49.7 Å². The fourth-order valence-electron chi connectivity index (χ4n) is 5.44. The summed E-state index contributed by atoms with van der Waals surface area (Å²) >= 11 is 0. The van der Waals surface area contributed by atoms with Crippen LogP contribution in [-0.4, -0.2) is 79.2 Å². The molecule has 2 aliphatic heterocycles. The number of fused-ring (bicyclic) bond motifs is 1. The molecule has 3 aromatic rings. The number of pyridine rings is 2. The van der Waals surface area contributed by atoms with Gasteiger partial charge in [0.25, 0.3) is 0 Å². The average Bonchev–Trinajstić information content (AvgIpc) is 2.89. The van der Waals surface area contributed by atoms with Crippen molar-refractivity contribution in [3.05, 3.63) is 60.4 Å². The number of anilines is 2. The second-order valence-electron chi connectivity index (χ2n) is 10.1. The maximum atomic E-state index is 11.8. The molecule has 0 unspecified atom stereocenters. The lowest BCUT2D eigenvalue weighted by molar-refractivity contribution is 0.200. The minimum Gasteiger partial charge on any atom is -0.367 e. The molecule has 9 heteroatoms. The summed E-state index contributed by atoms with van der Waals surface area (Å²) in [5, 5.41) is 5.73. The largest absolute Gasteiger partial charge is 0.367 e. The normalized spacial score (nSPS) is 18.7. The van der Waals surface area contributed by atoms with E-state index in [0.29, 0.717) is 19.1 Å². The number of aromatic nitrogens is 2. The summed E-state index contributed by atoms with van der Waals surface area (Å²) in [6.45, 7) is 4.02. The van der Waals surface area contributed by atoms with Gasteiger partial charge in [0.15, 0.2) is 0 Å². The number of nitrogens with one attached hydrogen (secondary N) is 1.